The lowest BCUT2D eigenvalue weighted by Crippen LogP contribution is -2.38. The third-order valence-corrected chi connectivity index (χ3v) is 2.15. The Kier molecular flexibility index (Phi) is 8.34. The van der Waals surface area contributed by atoms with E-state index < -0.39 is 5.97 Å². The summed E-state index contributed by atoms with van der Waals surface area (Å²) in [6.07, 6.45) is 0.664. The number of hydrogen-bond acceptors (Lipinski definition) is 4. The molecule has 0 radical (unpaired) electrons. The fourth-order valence-corrected chi connectivity index (χ4v) is 1.16. The van der Waals surface area contributed by atoms with Crippen LogP contribution in [-0.4, -0.2) is 54.7 Å². The van der Waals surface area contributed by atoms with Crippen molar-refractivity contribution in [2.45, 2.75) is 26.2 Å². The van der Waals surface area contributed by atoms with Gasteiger partial charge >= 0.3 is 18.0 Å². The molecular formula is C11H20N2O5. The van der Waals surface area contributed by atoms with Gasteiger partial charge in [0.25, 0.3) is 0 Å². The van der Waals surface area contributed by atoms with E-state index in [1.165, 1.54) is 11.9 Å². The molecule has 104 valence electrons. The predicted molar refractivity (Wildman–Crippen MR) is 64.1 cm³/mol. The molecule has 2 amide bonds. The lowest BCUT2D eigenvalue weighted by molar-refractivity contribution is -0.143. The molecule has 0 fully saturated rings. The van der Waals surface area contributed by atoms with Crippen molar-refractivity contribution < 1.29 is 24.2 Å². The third kappa shape index (κ3) is 8.37. The van der Waals surface area contributed by atoms with E-state index in [-0.39, 0.29) is 31.4 Å². The van der Waals surface area contributed by atoms with Crippen molar-refractivity contribution in [2.24, 2.45) is 0 Å². The minimum Gasteiger partial charge on any atom is -0.481 e. The molecule has 0 aliphatic carbocycles. The number of urea groups is 1. The van der Waals surface area contributed by atoms with Crippen molar-refractivity contribution in [3.8, 4) is 0 Å². The van der Waals surface area contributed by atoms with E-state index in [0.717, 1.165) is 0 Å². The monoisotopic (exact) mass is 260 g/mol. The first-order chi connectivity index (χ1) is 8.47. The Morgan fingerprint density at radius 3 is 2.50 bits per heavy atom. The first-order valence-corrected chi connectivity index (χ1v) is 5.83. The molecule has 0 rings (SSSR count). The van der Waals surface area contributed by atoms with Gasteiger partial charge in [-0.1, -0.05) is 0 Å². The second-order valence-electron chi connectivity index (χ2n) is 3.71. The highest BCUT2D eigenvalue weighted by molar-refractivity contribution is 5.75. The molecule has 0 heterocycles. The number of amides is 2. The molecule has 0 aliphatic heterocycles. The van der Waals surface area contributed by atoms with Crippen LogP contribution in [0.25, 0.3) is 0 Å². The molecule has 18 heavy (non-hydrogen) atoms. The van der Waals surface area contributed by atoms with Crippen LogP contribution in [0, 0.1) is 0 Å². The Labute approximate surface area is 106 Å². The standard InChI is InChI=1S/C11H20N2O5/c1-3-18-10(16)5-4-7-12-11(17)13(2)8-6-9(14)15/h3-8H2,1-2H3,(H,12,17)(H,14,15). The number of carboxylic acids is 1. The first kappa shape index (κ1) is 16.2. The normalized spacial score (nSPS) is 9.67. The van der Waals surface area contributed by atoms with Gasteiger partial charge < -0.3 is 20.1 Å². The highest BCUT2D eigenvalue weighted by Gasteiger charge is 2.09. The zero-order chi connectivity index (χ0) is 14.0. The maximum absolute atomic E-state index is 11.4. The maximum Gasteiger partial charge on any atom is 0.317 e. The molecule has 0 unspecified atom stereocenters. The number of hydrogen-bond donors (Lipinski definition) is 2. The Balaban J connectivity index is 3.63. The van der Waals surface area contributed by atoms with E-state index in [4.69, 9.17) is 9.84 Å². The fraction of sp³-hybridized carbons (Fsp3) is 0.727. The summed E-state index contributed by atoms with van der Waals surface area (Å²) in [4.78, 5) is 34.0. The lowest BCUT2D eigenvalue weighted by Gasteiger charge is -2.16. The van der Waals surface area contributed by atoms with Crippen molar-refractivity contribution in [2.75, 3.05) is 26.7 Å². The molecule has 0 saturated heterocycles. The van der Waals surface area contributed by atoms with E-state index in [1.807, 2.05) is 0 Å². The lowest BCUT2D eigenvalue weighted by atomic mass is 10.3. The number of nitrogens with zero attached hydrogens (tertiary/aromatic N) is 1. The summed E-state index contributed by atoms with van der Waals surface area (Å²) in [5.41, 5.74) is 0. The van der Waals surface area contributed by atoms with Crippen molar-refractivity contribution in [3.63, 3.8) is 0 Å². The zero-order valence-corrected chi connectivity index (χ0v) is 10.8. The van der Waals surface area contributed by atoms with Gasteiger partial charge in [0.05, 0.1) is 13.0 Å². The largest absolute Gasteiger partial charge is 0.481 e. The van der Waals surface area contributed by atoms with Crippen LogP contribution in [0.1, 0.15) is 26.2 Å². The molecule has 0 aliphatic rings. The van der Waals surface area contributed by atoms with Gasteiger partial charge in [0.1, 0.15) is 0 Å². The average Bonchev–Trinajstić information content (AvgIpc) is 2.31. The van der Waals surface area contributed by atoms with E-state index >= 15 is 0 Å². The van der Waals surface area contributed by atoms with E-state index in [0.29, 0.717) is 19.6 Å². The van der Waals surface area contributed by atoms with E-state index in [9.17, 15) is 14.4 Å². The number of rotatable bonds is 8. The van der Waals surface area contributed by atoms with Gasteiger partial charge in [0.2, 0.25) is 0 Å². The summed E-state index contributed by atoms with van der Waals surface area (Å²) in [6, 6.07) is -0.347. The summed E-state index contributed by atoms with van der Waals surface area (Å²) in [5.74, 6) is -1.23. The Bertz CT molecular complexity index is 293. The summed E-state index contributed by atoms with van der Waals surface area (Å²) >= 11 is 0. The van der Waals surface area contributed by atoms with Crippen molar-refractivity contribution in [1.82, 2.24) is 10.2 Å². The molecule has 7 nitrogen and oxygen atoms in total. The number of carbonyl (C=O) groups excluding carboxylic acids is 2. The predicted octanol–water partition coefficient (Wildman–Crippen LogP) is 0.446. The van der Waals surface area contributed by atoms with Crippen LogP contribution in [0.3, 0.4) is 0 Å². The molecule has 0 bridgehead atoms. The van der Waals surface area contributed by atoms with Gasteiger partial charge in [-0.3, -0.25) is 9.59 Å². The van der Waals surface area contributed by atoms with Gasteiger partial charge in [-0.15, -0.1) is 0 Å². The average molecular weight is 260 g/mol. The summed E-state index contributed by atoms with van der Waals surface area (Å²) in [6.45, 7) is 2.59. The molecule has 7 heteroatoms. The maximum atomic E-state index is 11.4. The van der Waals surface area contributed by atoms with Crippen LogP contribution in [0.2, 0.25) is 0 Å². The van der Waals surface area contributed by atoms with E-state index in [2.05, 4.69) is 5.32 Å². The fourth-order valence-electron chi connectivity index (χ4n) is 1.16. The highest BCUT2D eigenvalue weighted by Crippen LogP contribution is 1.93. The molecular weight excluding hydrogens is 240 g/mol. The van der Waals surface area contributed by atoms with Gasteiger partial charge in [-0.2, -0.15) is 0 Å². The van der Waals surface area contributed by atoms with E-state index in [1.54, 1.807) is 6.92 Å². The number of carbonyl (C=O) groups is 3. The summed E-state index contributed by atoms with van der Waals surface area (Å²) in [7, 11) is 1.52. The molecule has 0 aromatic heterocycles. The van der Waals surface area contributed by atoms with Crippen LogP contribution >= 0.6 is 0 Å². The van der Waals surface area contributed by atoms with Crippen molar-refractivity contribution in [3.05, 3.63) is 0 Å². The topological polar surface area (TPSA) is 95.9 Å². The van der Waals surface area contributed by atoms with Gasteiger partial charge in [-0.25, -0.2) is 4.79 Å². The second-order valence-corrected chi connectivity index (χ2v) is 3.71. The quantitative estimate of drug-likeness (QED) is 0.488. The van der Waals surface area contributed by atoms with Crippen LogP contribution < -0.4 is 5.32 Å². The van der Waals surface area contributed by atoms with Crippen LogP contribution in [0.15, 0.2) is 0 Å². The second kappa shape index (κ2) is 9.26. The SMILES string of the molecule is CCOC(=O)CCCNC(=O)N(C)CCC(=O)O. The number of ether oxygens (including phenoxy) is 1. The first-order valence-electron chi connectivity index (χ1n) is 5.83. The highest BCUT2D eigenvalue weighted by atomic mass is 16.5. The Hall–Kier alpha value is -1.79. The van der Waals surface area contributed by atoms with Crippen molar-refractivity contribution >= 4 is 18.0 Å². The number of esters is 1. The van der Waals surface area contributed by atoms with Crippen molar-refractivity contribution in [1.29, 1.82) is 0 Å². The molecule has 2 N–H and O–H groups in total. The van der Waals surface area contributed by atoms with Gasteiger partial charge in [0, 0.05) is 26.6 Å². The third-order valence-electron chi connectivity index (χ3n) is 2.15. The van der Waals surface area contributed by atoms with Crippen LogP contribution in [0.5, 0.6) is 0 Å². The molecule has 0 aromatic carbocycles. The summed E-state index contributed by atoms with van der Waals surface area (Å²) in [5, 5.41) is 11.1. The summed E-state index contributed by atoms with van der Waals surface area (Å²) < 4.78 is 4.73. The van der Waals surface area contributed by atoms with Crippen LogP contribution in [-0.2, 0) is 14.3 Å². The van der Waals surface area contributed by atoms with Gasteiger partial charge in [0.15, 0.2) is 0 Å². The number of carboxylic acid groups (broad SMARTS) is 1. The zero-order valence-electron chi connectivity index (χ0n) is 10.8. The minimum absolute atomic E-state index is 0.0905. The van der Waals surface area contributed by atoms with Crippen LogP contribution in [0.4, 0.5) is 4.79 Å². The Morgan fingerprint density at radius 1 is 1.28 bits per heavy atom. The molecule has 0 saturated carbocycles. The minimum atomic E-state index is -0.947. The molecule has 0 spiro atoms. The number of aliphatic carboxylic acids is 1. The molecule has 0 aromatic rings. The van der Waals surface area contributed by atoms with Gasteiger partial charge in [-0.05, 0) is 13.3 Å². The smallest absolute Gasteiger partial charge is 0.317 e. The molecule has 0 atom stereocenters. The Morgan fingerprint density at radius 2 is 1.94 bits per heavy atom. The number of nitrogens with one attached hydrogen (secondary N) is 1.